The maximum Gasteiger partial charge on any atom is 0.243 e. The van der Waals surface area contributed by atoms with E-state index in [0.29, 0.717) is 18.2 Å². The van der Waals surface area contributed by atoms with Gasteiger partial charge in [-0.25, -0.2) is 4.98 Å². The summed E-state index contributed by atoms with van der Waals surface area (Å²) in [6.45, 7) is 2.76. The Bertz CT molecular complexity index is 797. The van der Waals surface area contributed by atoms with Crippen LogP contribution in [0, 0.1) is 12.3 Å². The Balaban J connectivity index is 0.00000338. The van der Waals surface area contributed by atoms with Crippen molar-refractivity contribution in [3.05, 3.63) is 45.9 Å². The SMILES string of the molecule is C#Cc1cccc(NC(=O)CNC(=NC)NCc2ncc(CC)s2)c1.I. The summed E-state index contributed by atoms with van der Waals surface area (Å²) in [7, 11) is 1.66. The molecular weight excluding hydrogens is 461 g/mol. The van der Waals surface area contributed by atoms with Crippen molar-refractivity contribution in [1.82, 2.24) is 15.6 Å². The van der Waals surface area contributed by atoms with Crippen molar-refractivity contribution >= 4 is 52.9 Å². The van der Waals surface area contributed by atoms with Crippen LogP contribution < -0.4 is 16.0 Å². The molecule has 0 saturated heterocycles. The van der Waals surface area contributed by atoms with Crippen LogP contribution >= 0.6 is 35.3 Å². The van der Waals surface area contributed by atoms with Gasteiger partial charge in [-0.1, -0.05) is 18.9 Å². The number of carbonyl (C=O) groups excluding carboxylic acids is 1. The minimum Gasteiger partial charge on any atom is -0.350 e. The Kier molecular flexibility index (Phi) is 9.69. The van der Waals surface area contributed by atoms with E-state index in [1.165, 1.54) is 4.88 Å². The fourth-order valence-electron chi connectivity index (χ4n) is 2.03. The number of thiazole rings is 1. The highest BCUT2D eigenvalue weighted by Gasteiger charge is 2.06. The van der Waals surface area contributed by atoms with Crippen LogP contribution in [0.4, 0.5) is 5.69 Å². The summed E-state index contributed by atoms with van der Waals surface area (Å²) in [6.07, 6.45) is 8.22. The first kappa shape index (κ1) is 21.9. The van der Waals surface area contributed by atoms with Gasteiger partial charge >= 0.3 is 0 Å². The Morgan fingerprint density at radius 3 is 2.85 bits per heavy atom. The average Bonchev–Trinajstić information content (AvgIpc) is 3.10. The first-order chi connectivity index (χ1) is 12.1. The number of amides is 1. The number of hydrogen-bond acceptors (Lipinski definition) is 4. The first-order valence-corrected chi connectivity index (χ1v) is 8.71. The summed E-state index contributed by atoms with van der Waals surface area (Å²) in [5.41, 5.74) is 1.39. The number of aliphatic imine (C=N–C) groups is 1. The Morgan fingerprint density at radius 1 is 1.38 bits per heavy atom. The normalized spacial score (nSPS) is 10.4. The second-order valence-corrected chi connectivity index (χ2v) is 6.33. The molecule has 1 heterocycles. The monoisotopic (exact) mass is 483 g/mol. The van der Waals surface area contributed by atoms with E-state index in [0.717, 1.165) is 17.0 Å². The van der Waals surface area contributed by atoms with Crippen molar-refractivity contribution in [3.8, 4) is 12.3 Å². The standard InChI is InChI=1S/C18H21N5OS.HI/c1-4-13-7-6-8-14(9-13)23-16(24)11-21-18(19-3)22-12-17-20-10-15(5-2)25-17;/h1,6-10H,5,11-12H2,2-3H3,(H,23,24)(H2,19,21,22);1H. The molecule has 0 aliphatic carbocycles. The van der Waals surface area contributed by atoms with Gasteiger partial charge in [-0.05, 0) is 24.6 Å². The molecule has 138 valence electrons. The first-order valence-electron chi connectivity index (χ1n) is 7.89. The molecule has 0 unspecified atom stereocenters. The lowest BCUT2D eigenvalue weighted by Crippen LogP contribution is -2.41. The molecule has 0 bridgehead atoms. The number of terminal acetylenes is 1. The van der Waals surface area contributed by atoms with E-state index >= 15 is 0 Å². The van der Waals surface area contributed by atoms with Crippen LogP contribution in [0.25, 0.3) is 0 Å². The van der Waals surface area contributed by atoms with Crippen molar-refractivity contribution in [2.24, 2.45) is 4.99 Å². The van der Waals surface area contributed by atoms with Crippen molar-refractivity contribution in [2.75, 3.05) is 18.9 Å². The molecular formula is C18H22IN5OS. The average molecular weight is 483 g/mol. The fourth-order valence-corrected chi connectivity index (χ4v) is 2.83. The predicted molar refractivity (Wildman–Crippen MR) is 118 cm³/mol. The second kappa shape index (κ2) is 11.5. The number of hydrogen-bond donors (Lipinski definition) is 3. The van der Waals surface area contributed by atoms with Crippen LogP contribution in [-0.2, 0) is 17.8 Å². The summed E-state index contributed by atoms with van der Waals surface area (Å²) in [5, 5.41) is 9.89. The zero-order valence-electron chi connectivity index (χ0n) is 14.7. The molecule has 0 radical (unpaired) electrons. The van der Waals surface area contributed by atoms with Gasteiger partial charge < -0.3 is 16.0 Å². The summed E-state index contributed by atoms with van der Waals surface area (Å²) in [4.78, 5) is 21.7. The summed E-state index contributed by atoms with van der Waals surface area (Å²) in [5.74, 6) is 2.90. The third-order valence-corrected chi connectivity index (χ3v) is 4.45. The van der Waals surface area contributed by atoms with Gasteiger partial charge in [-0.3, -0.25) is 9.79 Å². The zero-order chi connectivity index (χ0) is 18.1. The number of carbonyl (C=O) groups is 1. The van der Waals surface area contributed by atoms with Crippen LogP contribution in [0.2, 0.25) is 0 Å². The molecule has 2 rings (SSSR count). The molecule has 1 aromatic carbocycles. The number of nitrogens with zero attached hydrogens (tertiary/aromatic N) is 2. The number of benzene rings is 1. The number of aromatic nitrogens is 1. The van der Waals surface area contributed by atoms with Crippen LogP contribution in [0.3, 0.4) is 0 Å². The highest BCUT2D eigenvalue weighted by atomic mass is 127. The molecule has 0 saturated carbocycles. The van der Waals surface area contributed by atoms with E-state index in [2.05, 4.69) is 38.8 Å². The van der Waals surface area contributed by atoms with E-state index in [4.69, 9.17) is 6.42 Å². The molecule has 0 spiro atoms. The molecule has 0 aliphatic heterocycles. The van der Waals surface area contributed by atoms with E-state index < -0.39 is 0 Å². The fraction of sp³-hybridized carbons (Fsp3) is 0.278. The van der Waals surface area contributed by atoms with Crippen molar-refractivity contribution in [3.63, 3.8) is 0 Å². The van der Waals surface area contributed by atoms with Gasteiger partial charge in [0.05, 0.1) is 13.1 Å². The topological polar surface area (TPSA) is 78.4 Å². The lowest BCUT2D eigenvalue weighted by molar-refractivity contribution is -0.115. The third-order valence-electron chi connectivity index (χ3n) is 3.31. The third kappa shape index (κ3) is 7.01. The highest BCUT2D eigenvalue weighted by Crippen LogP contribution is 2.12. The molecule has 8 heteroatoms. The molecule has 26 heavy (non-hydrogen) atoms. The van der Waals surface area contributed by atoms with Crippen molar-refractivity contribution < 1.29 is 4.79 Å². The maximum absolute atomic E-state index is 12.0. The predicted octanol–water partition coefficient (Wildman–Crippen LogP) is 2.61. The number of aryl methyl sites for hydroxylation is 1. The Morgan fingerprint density at radius 2 is 2.19 bits per heavy atom. The molecule has 6 nitrogen and oxygen atoms in total. The van der Waals surface area contributed by atoms with Crippen LogP contribution in [0.5, 0.6) is 0 Å². The summed E-state index contributed by atoms with van der Waals surface area (Å²) >= 11 is 1.66. The van der Waals surface area contributed by atoms with E-state index in [-0.39, 0.29) is 36.4 Å². The van der Waals surface area contributed by atoms with E-state index in [9.17, 15) is 4.79 Å². The molecule has 0 aliphatic rings. The lowest BCUT2D eigenvalue weighted by Gasteiger charge is -2.11. The molecule has 1 aromatic heterocycles. The Labute approximate surface area is 174 Å². The van der Waals surface area contributed by atoms with Crippen LogP contribution in [0.15, 0.2) is 35.5 Å². The van der Waals surface area contributed by atoms with Crippen molar-refractivity contribution in [2.45, 2.75) is 19.9 Å². The highest BCUT2D eigenvalue weighted by molar-refractivity contribution is 14.0. The van der Waals surface area contributed by atoms with Crippen molar-refractivity contribution in [1.29, 1.82) is 0 Å². The number of guanidine groups is 1. The van der Waals surface area contributed by atoms with Gasteiger partial charge in [-0.15, -0.1) is 41.7 Å². The smallest absolute Gasteiger partial charge is 0.243 e. The quantitative estimate of drug-likeness (QED) is 0.256. The molecule has 0 fully saturated rings. The number of halogens is 1. The second-order valence-electron chi connectivity index (χ2n) is 5.13. The summed E-state index contributed by atoms with van der Waals surface area (Å²) < 4.78 is 0. The number of nitrogens with one attached hydrogen (secondary N) is 3. The summed E-state index contributed by atoms with van der Waals surface area (Å²) in [6, 6.07) is 7.15. The van der Waals surface area contributed by atoms with Crippen LogP contribution in [0.1, 0.15) is 22.4 Å². The minimum absolute atomic E-state index is 0. The number of rotatable bonds is 6. The van der Waals surface area contributed by atoms with Crippen LogP contribution in [-0.4, -0.2) is 30.4 Å². The van der Waals surface area contributed by atoms with Gasteiger partial charge in [-0.2, -0.15) is 0 Å². The largest absolute Gasteiger partial charge is 0.350 e. The zero-order valence-corrected chi connectivity index (χ0v) is 17.9. The Hall–Kier alpha value is -2.12. The van der Waals surface area contributed by atoms with Gasteiger partial charge in [0.2, 0.25) is 5.91 Å². The van der Waals surface area contributed by atoms with Gasteiger partial charge in [0, 0.05) is 29.4 Å². The van der Waals surface area contributed by atoms with Gasteiger partial charge in [0.15, 0.2) is 5.96 Å². The molecule has 2 aromatic rings. The van der Waals surface area contributed by atoms with E-state index in [1.54, 1.807) is 36.6 Å². The maximum atomic E-state index is 12.0. The molecule has 0 atom stereocenters. The number of anilines is 1. The van der Waals surface area contributed by atoms with E-state index in [1.807, 2.05) is 12.3 Å². The van der Waals surface area contributed by atoms with Gasteiger partial charge in [0.25, 0.3) is 0 Å². The minimum atomic E-state index is -0.181. The molecule has 1 amide bonds. The molecule has 3 N–H and O–H groups in total. The van der Waals surface area contributed by atoms with Gasteiger partial charge in [0.1, 0.15) is 5.01 Å². The lowest BCUT2D eigenvalue weighted by atomic mass is 10.2.